The van der Waals surface area contributed by atoms with Gasteiger partial charge in [-0.15, -0.1) is 11.3 Å². The van der Waals surface area contributed by atoms with Crippen LogP contribution in [0.5, 0.6) is 0 Å². The Kier molecular flexibility index (Phi) is 3.64. The van der Waals surface area contributed by atoms with E-state index < -0.39 is 0 Å². The minimum atomic E-state index is -0.0930. The number of nitrogens with one attached hydrogen (secondary N) is 1. The molecule has 0 saturated heterocycles. The molecule has 0 bridgehead atoms. The number of rotatable bonds is 3. The minimum Gasteiger partial charge on any atom is -0.381 e. The fourth-order valence-electron chi connectivity index (χ4n) is 1.95. The van der Waals surface area contributed by atoms with Crippen molar-refractivity contribution in [2.45, 2.75) is 24.6 Å². The lowest BCUT2D eigenvalue weighted by molar-refractivity contribution is 1.03. The van der Waals surface area contributed by atoms with Crippen LogP contribution in [0.25, 0.3) is 10.2 Å². The molecule has 3 heterocycles. The summed E-state index contributed by atoms with van der Waals surface area (Å²) in [6.45, 7) is 3.94. The molecule has 0 aromatic carbocycles. The Balaban J connectivity index is 1.92. The van der Waals surface area contributed by atoms with Gasteiger partial charge >= 0.3 is 0 Å². The highest BCUT2D eigenvalue weighted by Crippen LogP contribution is 2.27. The van der Waals surface area contributed by atoms with Crippen LogP contribution in [0.4, 0.5) is 5.82 Å². The molecule has 0 amide bonds. The van der Waals surface area contributed by atoms with E-state index in [0.29, 0.717) is 27.8 Å². The molecule has 3 aromatic heterocycles. The van der Waals surface area contributed by atoms with Crippen LogP contribution in [-0.4, -0.2) is 19.9 Å². The molecule has 3 rings (SSSR count). The number of nitrogens with two attached hydrogens (primary N) is 1. The van der Waals surface area contributed by atoms with Crippen molar-refractivity contribution in [1.82, 2.24) is 19.9 Å². The third-order valence-corrected chi connectivity index (χ3v) is 5.23. The second-order valence-corrected chi connectivity index (χ2v) is 6.68. The highest BCUT2D eigenvalue weighted by atomic mass is 32.2. The quantitative estimate of drug-likeness (QED) is 0.719. The van der Waals surface area contributed by atoms with Gasteiger partial charge in [-0.2, -0.15) is 0 Å². The van der Waals surface area contributed by atoms with Crippen LogP contribution >= 0.6 is 23.1 Å². The summed E-state index contributed by atoms with van der Waals surface area (Å²) in [7, 11) is 0. The molecule has 0 aliphatic rings. The molecule has 3 aromatic rings. The molecule has 3 N–H and O–H groups in total. The molecule has 0 saturated carbocycles. The first kappa shape index (κ1) is 14.0. The van der Waals surface area contributed by atoms with Gasteiger partial charge < -0.3 is 10.7 Å². The summed E-state index contributed by atoms with van der Waals surface area (Å²) < 4.78 is 0. The first-order valence-electron chi connectivity index (χ1n) is 6.24. The Hall–Kier alpha value is -1.93. The fourth-order valence-corrected chi connectivity index (χ4v) is 3.75. The number of aryl methyl sites for hydroxylation is 2. The van der Waals surface area contributed by atoms with E-state index in [-0.39, 0.29) is 5.56 Å². The fraction of sp³-hybridized carbons (Fsp3) is 0.231. The molecular weight excluding hydrogens is 306 g/mol. The van der Waals surface area contributed by atoms with Crippen molar-refractivity contribution >= 4 is 39.1 Å². The molecule has 108 valence electrons. The summed E-state index contributed by atoms with van der Waals surface area (Å²) in [5.74, 6) is 1.49. The monoisotopic (exact) mass is 319 g/mol. The lowest BCUT2D eigenvalue weighted by Gasteiger charge is -2.03. The number of anilines is 1. The molecule has 0 aliphatic carbocycles. The van der Waals surface area contributed by atoms with Gasteiger partial charge in [0.1, 0.15) is 15.7 Å². The number of nitrogens with zero attached hydrogens (tertiary/aromatic N) is 3. The van der Waals surface area contributed by atoms with Gasteiger partial charge in [-0.05, 0) is 19.4 Å². The van der Waals surface area contributed by atoms with E-state index in [1.165, 1.54) is 23.1 Å². The van der Waals surface area contributed by atoms with Crippen LogP contribution in [0, 0.1) is 13.8 Å². The molecule has 6 nitrogen and oxygen atoms in total. The second-order valence-electron chi connectivity index (χ2n) is 4.51. The van der Waals surface area contributed by atoms with E-state index in [0.717, 1.165) is 15.3 Å². The zero-order valence-corrected chi connectivity index (χ0v) is 13.1. The van der Waals surface area contributed by atoms with Gasteiger partial charge in [0.15, 0.2) is 5.82 Å². The van der Waals surface area contributed by atoms with Gasteiger partial charge in [-0.3, -0.25) is 4.79 Å². The van der Waals surface area contributed by atoms with E-state index >= 15 is 0 Å². The number of aromatic nitrogens is 4. The van der Waals surface area contributed by atoms with Gasteiger partial charge in [-0.25, -0.2) is 15.0 Å². The summed E-state index contributed by atoms with van der Waals surface area (Å²) in [6.07, 6.45) is 3.13. The normalized spacial score (nSPS) is 11.1. The second kappa shape index (κ2) is 5.45. The van der Waals surface area contributed by atoms with Gasteiger partial charge in [-0.1, -0.05) is 11.8 Å². The third kappa shape index (κ3) is 2.64. The maximum atomic E-state index is 12.2. The van der Waals surface area contributed by atoms with Gasteiger partial charge in [0.2, 0.25) is 0 Å². The number of H-pyrrole nitrogens is 1. The molecule has 21 heavy (non-hydrogen) atoms. The van der Waals surface area contributed by atoms with Crippen molar-refractivity contribution in [2.75, 3.05) is 5.73 Å². The van der Waals surface area contributed by atoms with Crippen LogP contribution < -0.4 is 11.3 Å². The lowest BCUT2D eigenvalue weighted by atomic mass is 10.2. The number of aromatic amines is 1. The maximum Gasteiger partial charge on any atom is 0.259 e. The van der Waals surface area contributed by atoms with Crippen molar-refractivity contribution in [3.05, 3.63) is 39.0 Å². The Bertz CT molecular complexity index is 871. The molecule has 8 heteroatoms. The predicted octanol–water partition coefficient (Wildman–Crippen LogP) is 2.27. The molecule has 0 aliphatic heterocycles. The smallest absolute Gasteiger partial charge is 0.259 e. The van der Waals surface area contributed by atoms with Crippen molar-refractivity contribution in [3.8, 4) is 0 Å². The molecular formula is C13H13N5OS2. The van der Waals surface area contributed by atoms with Gasteiger partial charge in [0.05, 0.1) is 11.1 Å². The number of nitrogen functional groups attached to an aromatic ring is 1. The van der Waals surface area contributed by atoms with Gasteiger partial charge in [0.25, 0.3) is 5.56 Å². The average Bonchev–Trinajstić information content (AvgIpc) is 2.73. The highest BCUT2D eigenvalue weighted by Gasteiger charge is 2.12. The SMILES string of the molecule is Cc1sc2nc(CSc3nccnc3N)[nH]c(=O)c2c1C. The summed E-state index contributed by atoms with van der Waals surface area (Å²) in [5.41, 5.74) is 6.65. The van der Waals surface area contributed by atoms with Crippen LogP contribution in [0.2, 0.25) is 0 Å². The Morgan fingerprint density at radius 2 is 2.10 bits per heavy atom. The summed E-state index contributed by atoms with van der Waals surface area (Å²) in [5, 5.41) is 1.32. The third-order valence-electron chi connectivity index (χ3n) is 3.12. The average molecular weight is 319 g/mol. The van der Waals surface area contributed by atoms with E-state index in [1.54, 1.807) is 12.4 Å². The summed E-state index contributed by atoms with van der Waals surface area (Å²) in [6, 6.07) is 0. The topological polar surface area (TPSA) is 97.5 Å². The van der Waals surface area contributed by atoms with E-state index in [1.807, 2.05) is 13.8 Å². The van der Waals surface area contributed by atoms with Crippen molar-refractivity contribution in [2.24, 2.45) is 0 Å². The lowest BCUT2D eigenvalue weighted by Crippen LogP contribution is -2.11. The van der Waals surface area contributed by atoms with Crippen molar-refractivity contribution < 1.29 is 0 Å². The van der Waals surface area contributed by atoms with Crippen LogP contribution in [-0.2, 0) is 5.75 Å². The van der Waals surface area contributed by atoms with E-state index in [4.69, 9.17) is 5.73 Å². The van der Waals surface area contributed by atoms with E-state index in [9.17, 15) is 4.79 Å². The van der Waals surface area contributed by atoms with Gasteiger partial charge in [0, 0.05) is 17.3 Å². The largest absolute Gasteiger partial charge is 0.381 e. The van der Waals surface area contributed by atoms with Crippen molar-refractivity contribution in [3.63, 3.8) is 0 Å². The van der Waals surface area contributed by atoms with E-state index in [2.05, 4.69) is 19.9 Å². The molecule has 0 spiro atoms. The number of thioether (sulfide) groups is 1. The Labute approximate surface area is 128 Å². The Morgan fingerprint density at radius 1 is 1.33 bits per heavy atom. The number of thiophene rings is 1. The Morgan fingerprint density at radius 3 is 2.86 bits per heavy atom. The molecule has 0 atom stereocenters. The first-order valence-corrected chi connectivity index (χ1v) is 8.04. The molecule has 0 fully saturated rings. The molecule has 0 radical (unpaired) electrons. The first-order chi connectivity index (χ1) is 10.1. The van der Waals surface area contributed by atoms with Crippen molar-refractivity contribution in [1.29, 1.82) is 0 Å². The van der Waals surface area contributed by atoms with Crippen LogP contribution in [0.1, 0.15) is 16.3 Å². The zero-order valence-electron chi connectivity index (χ0n) is 11.5. The predicted molar refractivity (Wildman–Crippen MR) is 85.7 cm³/mol. The summed E-state index contributed by atoms with van der Waals surface area (Å²) in [4.78, 5) is 29.5. The number of hydrogen-bond donors (Lipinski definition) is 2. The molecule has 0 unspecified atom stereocenters. The van der Waals surface area contributed by atoms with Crippen LogP contribution in [0.15, 0.2) is 22.2 Å². The summed E-state index contributed by atoms with van der Waals surface area (Å²) >= 11 is 2.94. The number of fused-ring (bicyclic) bond motifs is 1. The minimum absolute atomic E-state index is 0.0930. The maximum absolute atomic E-state index is 12.2. The zero-order chi connectivity index (χ0) is 15.0. The van der Waals surface area contributed by atoms with Crippen LogP contribution in [0.3, 0.4) is 0 Å². The highest BCUT2D eigenvalue weighted by molar-refractivity contribution is 7.98. The number of hydrogen-bond acceptors (Lipinski definition) is 7. The standard InChI is InChI=1S/C13H13N5OS2/c1-6-7(2)21-12-9(6)11(19)17-8(18-12)5-20-13-10(14)15-3-4-16-13/h3-4H,5H2,1-2H3,(H2,14,15)(H,17,18,19).